The van der Waals surface area contributed by atoms with Crippen molar-refractivity contribution in [1.82, 2.24) is 10.2 Å². The van der Waals surface area contributed by atoms with E-state index in [2.05, 4.69) is 11.9 Å². The van der Waals surface area contributed by atoms with Crippen LogP contribution in [0.1, 0.15) is 11.6 Å². The Morgan fingerprint density at radius 1 is 1.40 bits per heavy atom. The van der Waals surface area contributed by atoms with Crippen molar-refractivity contribution in [3.8, 4) is 0 Å². The SMILES string of the molecule is C=CC1=C(C(=O)O)N2C(=O)C(NC(=O)C(N)c3ccccc3)[C@H]2SC1. The molecule has 0 saturated carbocycles. The number of carboxylic acids is 1. The zero-order chi connectivity index (χ0) is 18.1. The minimum Gasteiger partial charge on any atom is -0.477 e. The van der Waals surface area contributed by atoms with Crippen LogP contribution in [0.2, 0.25) is 0 Å². The van der Waals surface area contributed by atoms with E-state index in [9.17, 15) is 19.5 Å². The van der Waals surface area contributed by atoms with Gasteiger partial charge in [-0.2, -0.15) is 0 Å². The average molecular weight is 359 g/mol. The van der Waals surface area contributed by atoms with Gasteiger partial charge in [0, 0.05) is 5.75 Å². The van der Waals surface area contributed by atoms with Crippen molar-refractivity contribution in [3.05, 3.63) is 59.8 Å². The number of amides is 2. The van der Waals surface area contributed by atoms with E-state index in [4.69, 9.17) is 5.73 Å². The standard InChI is InChI=1S/C17H17N3O4S/c1-2-9-8-25-16-12(15(22)20(16)13(9)17(23)24)19-14(21)11(18)10-6-4-3-5-7-10/h2-7,11-12,16H,1,8,18H2,(H,19,21)(H,23,24)/t11?,12?,16-/m1/s1. The molecular formula is C17H17N3O4S. The maximum Gasteiger partial charge on any atom is 0.352 e. The van der Waals surface area contributed by atoms with Gasteiger partial charge in [0.05, 0.1) is 0 Å². The van der Waals surface area contributed by atoms with Crippen LogP contribution in [0.4, 0.5) is 0 Å². The van der Waals surface area contributed by atoms with Crippen molar-refractivity contribution >= 4 is 29.5 Å². The van der Waals surface area contributed by atoms with Crippen LogP contribution in [0, 0.1) is 0 Å². The second-order valence-corrected chi connectivity index (χ2v) is 6.77. The number of nitrogens with zero attached hydrogens (tertiary/aromatic N) is 1. The van der Waals surface area contributed by atoms with Gasteiger partial charge in [-0.25, -0.2) is 4.79 Å². The maximum atomic E-state index is 12.4. The van der Waals surface area contributed by atoms with Gasteiger partial charge in [-0.1, -0.05) is 43.0 Å². The Labute approximate surface area is 148 Å². The second kappa shape index (κ2) is 6.73. The molecule has 8 heteroatoms. The number of thioether (sulfide) groups is 1. The molecule has 130 valence electrons. The number of carbonyl (C=O) groups excluding carboxylic acids is 2. The van der Waals surface area contributed by atoms with E-state index in [0.29, 0.717) is 16.9 Å². The number of carboxylic acid groups (broad SMARTS) is 1. The maximum absolute atomic E-state index is 12.4. The van der Waals surface area contributed by atoms with Crippen molar-refractivity contribution in [1.29, 1.82) is 0 Å². The van der Waals surface area contributed by atoms with E-state index in [-0.39, 0.29) is 5.70 Å². The highest BCUT2D eigenvalue weighted by Gasteiger charge is 2.54. The van der Waals surface area contributed by atoms with Crippen LogP contribution in [0.15, 0.2) is 54.3 Å². The molecule has 0 aliphatic carbocycles. The Hall–Kier alpha value is -2.58. The zero-order valence-electron chi connectivity index (χ0n) is 13.2. The Balaban J connectivity index is 1.74. The third kappa shape index (κ3) is 2.94. The topological polar surface area (TPSA) is 113 Å². The predicted molar refractivity (Wildman–Crippen MR) is 93.3 cm³/mol. The molecule has 1 aromatic carbocycles. The molecule has 4 N–H and O–H groups in total. The van der Waals surface area contributed by atoms with Gasteiger partial charge in [-0.3, -0.25) is 14.5 Å². The van der Waals surface area contributed by atoms with E-state index in [1.165, 1.54) is 22.7 Å². The number of benzene rings is 1. The van der Waals surface area contributed by atoms with Crippen LogP contribution in [0.5, 0.6) is 0 Å². The first-order chi connectivity index (χ1) is 12.0. The van der Waals surface area contributed by atoms with Gasteiger partial charge in [0.1, 0.15) is 23.2 Å². The minimum atomic E-state index is -1.18. The number of carbonyl (C=O) groups is 3. The van der Waals surface area contributed by atoms with Crippen LogP contribution in [-0.2, 0) is 14.4 Å². The average Bonchev–Trinajstić information content (AvgIpc) is 2.64. The number of allylic oxidation sites excluding steroid dienone is 1. The summed E-state index contributed by atoms with van der Waals surface area (Å²) in [7, 11) is 0. The quantitative estimate of drug-likeness (QED) is 0.664. The fraction of sp³-hybridized carbons (Fsp3) is 0.235. The summed E-state index contributed by atoms with van der Waals surface area (Å²) in [6.07, 6.45) is 1.44. The summed E-state index contributed by atoms with van der Waals surface area (Å²) in [5.41, 5.74) is 7.00. The van der Waals surface area contributed by atoms with Crippen LogP contribution in [-0.4, -0.2) is 45.0 Å². The highest BCUT2D eigenvalue weighted by Crippen LogP contribution is 2.40. The van der Waals surface area contributed by atoms with Crippen LogP contribution in [0.3, 0.4) is 0 Å². The van der Waals surface area contributed by atoms with E-state index >= 15 is 0 Å². The highest BCUT2D eigenvalue weighted by molar-refractivity contribution is 8.00. The number of aliphatic carboxylic acids is 1. The van der Waals surface area contributed by atoms with E-state index < -0.39 is 35.2 Å². The lowest BCUT2D eigenvalue weighted by Gasteiger charge is -2.49. The van der Waals surface area contributed by atoms with Crippen molar-refractivity contribution in [2.24, 2.45) is 5.73 Å². The van der Waals surface area contributed by atoms with Crippen molar-refractivity contribution in [3.63, 3.8) is 0 Å². The lowest BCUT2D eigenvalue weighted by Crippen LogP contribution is -2.71. The van der Waals surface area contributed by atoms with Crippen LogP contribution >= 0.6 is 11.8 Å². The van der Waals surface area contributed by atoms with Crippen LogP contribution < -0.4 is 11.1 Å². The van der Waals surface area contributed by atoms with E-state index in [1.807, 2.05) is 6.07 Å². The molecule has 2 aliphatic rings. The molecule has 0 bridgehead atoms. The number of β-lactam (4-membered cyclic amide) rings is 1. The molecule has 1 aromatic rings. The van der Waals surface area contributed by atoms with Gasteiger partial charge in [-0.15, -0.1) is 11.8 Å². The van der Waals surface area contributed by atoms with Gasteiger partial charge in [0.25, 0.3) is 5.91 Å². The van der Waals surface area contributed by atoms with E-state index in [1.54, 1.807) is 24.3 Å². The van der Waals surface area contributed by atoms with Gasteiger partial charge in [-0.05, 0) is 11.1 Å². The van der Waals surface area contributed by atoms with E-state index in [0.717, 1.165) is 0 Å². The fourth-order valence-corrected chi connectivity index (χ4v) is 4.19. The molecule has 2 heterocycles. The number of nitrogens with two attached hydrogens (primary N) is 1. The molecular weight excluding hydrogens is 342 g/mol. The zero-order valence-corrected chi connectivity index (χ0v) is 14.0. The summed E-state index contributed by atoms with van der Waals surface area (Å²) in [5, 5.41) is 11.6. The number of hydrogen-bond acceptors (Lipinski definition) is 5. The Kier molecular flexibility index (Phi) is 4.65. The number of hydrogen-bond donors (Lipinski definition) is 3. The number of fused-ring (bicyclic) bond motifs is 1. The first-order valence-corrected chi connectivity index (χ1v) is 8.65. The highest BCUT2D eigenvalue weighted by atomic mass is 32.2. The van der Waals surface area contributed by atoms with Crippen molar-refractivity contribution in [2.75, 3.05) is 5.75 Å². The monoisotopic (exact) mass is 359 g/mol. The Morgan fingerprint density at radius 2 is 2.08 bits per heavy atom. The molecule has 25 heavy (non-hydrogen) atoms. The molecule has 0 aromatic heterocycles. The normalized spacial score (nSPS) is 23.4. The molecule has 0 spiro atoms. The minimum absolute atomic E-state index is 0.0680. The molecule has 2 unspecified atom stereocenters. The van der Waals surface area contributed by atoms with Gasteiger partial charge in [0.15, 0.2) is 0 Å². The van der Waals surface area contributed by atoms with Crippen LogP contribution in [0.25, 0.3) is 0 Å². The molecule has 1 fully saturated rings. The lowest BCUT2D eigenvalue weighted by molar-refractivity contribution is -0.150. The van der Waals surface area contributed by atoms with Gasteiger partial charge in [0.2, 0.25) is 5.91 Å². The number of nitrogens with one attached hydrogen (secondary N) is 1. The molecule has 2 amide bonds. The summed E-state index contributed by atoms with van der Waals surface area (Å²) in [4.78, 5) is 37.4. The smallest absolute Gasteiger partial charge is 0.352 e. The summed E-state index contributed by atoms with van der Waals surface area (Å²) < 4.78 is 0. The lowest BCUT2D eigenvalue weighted by atomic mass is 10.0. The van der Waals surface area contributed by atoms with Gasteiger partial charge < -0.3 is 16.2 Å². The number of rotatable bonds is 5. The first kappa shape index (κ1) is 17.2. The fourth-order valence-electron chi connectivity index (χ4n) is 2.85. The van der Waals surface area contributed by atoms with Crippen molar-refractivity contribution < 1.29 is 19.5 Å². The molecule has 3 atom stereocenters. The Morgan fingerprint density at radius 3 is 2.68 bits per heavy atom. The molecule has 0 radical (unpaired) electrons. The third-order valence-corrected chi connectivity index (χ3v) is 5.49. The first-order valence-electron chi connectivity index (χ1n) is 7.60. The van der Waals surface area contributed by atoms with Gasteiger partial charge >= 0.3 is 5.97 Å². The predicted octanol–water partition coefficient (Wildman–Crippen LogP) is 0.611. The third-order valence-electron chi connectivity index (χ3n) is 4.19. The Bertz CT molecular complexity index is 777. The summed E-state index contributed by atoms with van der Waals surface area (Å²) in [6, 6.07) is 7.15. The molecule has 7 nitrogen and oxygen atoms in total. The molecule has 3 rings (SSSR count). The molecule has 2 aliphatic heterocycles. The summed E-state index contributed by atoms with van der Waals surface area (Å²) >= 11 is 1.39. The largest absolute Gasteiger partial charge is 0.477 e. The second-order valence-electron chi connectivity index (χ2n) is 5.67. The molecule has 1 saturated heterocycles. The summed E-state index contributed by atoms with van der Waals surface area (Å²) in [6.45, 7) is 3.59. The summed E-state index contributed by atoms with van der Waals surface area (Å²) in [5.74, 6) is -1.70. The van der Waals surface area contributed by atoms with Crippen molar-refractivity contribution in [2.45, 2.75) is 17.5 Å².